The molecule has 2 rings (SSSR count). The first kappa shape index (κ1) is 12.0. The van der Waals surface area contributed by atoms with Crippen molar-refractivity contribution in [2.75, 3.05) is 18.2 Å². The summed E-state index contributed by atoms with van der Waals surface area (Å²) in [6, 6.07) is 5.92. The van der Waals surface area contributed by atoms with Crippen LogP contribution in [-0.2, 0) is 0 Å². The van der Waals surface area contributed by atoms with Gasteiger partial charge in [-0.25, -0.2) is 0 Å². The van der Waals surface area contributed by atoms with Gasteiger partial charge in [-0.2, -0.15) is 0 Å². The Labute approximate surface area is 102 Å². The molecule has 0 aromatic heterocycles. The molecule has 2 atom stereocenters. The summed E-state index contributed by atoms with van der Waals surface area (Å²) < 4.78 is 5.18. The lowest BCUT2D eigenvalue weighted by Gasteiger charge is -2.49. The largest absolute Gasteiger partial charge is 0.495 e. The third-order valence-electron chi connectivity index (χ3n) is 3.79. The lowest BCUT2D eigenvalue weighted by Crippen LogP contribution is -2.56. The molecule has 0 saturated heterocycles. The molecule has 4 N–H and O–H groups in total. The van der Waals surface area contributed by atoms with Gasteiger partial charge in [0, 0.05) is 23.2 Å². The maximum atomic E-state index is 9.68. The van der Waals surface area contributed by atoms with Gasteiger partial charge in [-0.3, -0.25) is 0 Å². The number of aliphatic hydroxyl groups is 1. The Morgan fingerprint density at radius 2 is 2.18 bits per heavy atom. The van der Waals surface area contributed by atoms with E-state index in [9.17, 15) is 5.11 Å². The van der Waals surface area contributed by atoms with Crippen molar-refractivity contribution in [3.63, 3.8) is 0 Å². The highest BCUT2D eigenvalue weighted by molar-refractivity contribution is 5.61. The molecular formula is C13H20N2O2. The molecule has 0 bridgehead atoms. The van der Waals surface area contributed by atoms with Crippen LogP contribution < -0.4 is 15.8 Å². The van der Waals surface area contributed by atoms with Gasteiger partial charge in [-0.15, -0.1) is 0 Å². The van der Waals surface area contributed by atoms with Crippen LogP contribution in [0.3, 0.4) is 0 Å². The van der Waals surface area contributed by atoms with E-state index < -0.39 is 0 Å². The molecule has 1 aliphatic carbocycles. The Bertz CT molecular complexity index is 418. The van der Waals surface area contributed by atoms with Crippen molar-refractivity contribution in [1.82, 2.24) is 0 Å². The van der Waals surface area contributed by atoms with Crippen molar-refractivity contribution in [2.45, 2.75) is 32.4 Å². The monoisotopic (exact) mass is 236 g/mol. The van der Waals surface area contributed by atoms with Gasteiger partial charge in [0.1, 0.15) is 5.75 Å². The van der Waals surface area contributed by atoms with E-state index in [1.807, 2.05) is 18.2 Å². The lowest BCUT2D eigenvalue weighted by molar-refractivity contribution is -0.0510. The minimum atomic E-state index is -0.226. The van der Waals surface area contributed by atoms with E-state index in [1.165, 1.54) is 0 Å². The molecule has 1 aliphatic rings. The number of benzene rings is 1. The summed E-state index contributed by atoms with van der Waals surface area (Å²) in [4.78, 5) is 0. The first-order valence-corrected chi connectivity index (χ1v) is 5.83. The van der Waals surface area contributed by atoms with Gasteiger partial charge in [0.15, 0.2) is 0 Å². The number of nitrogens with two attached hydrogens (primary N) is 1. The summed E-state index contributed by atoms with van der Waals surface area (Å²) >= 11 is 0. The molecule has 0 spiro atoms. The Morgan fingerprint density at radius 3 is 2.71 bits per heavy atom. The van der Waals surface area contributed by atoms with Crippen LogP contribution in [-0.4, -0.2) is 24.4 Å². The molecule has 0 radical (unpaired) electrons. The second-order valence-electron chi connectivity index (χ2n) is 5.23. The van der Waals surface area contributed by atoms with Crippen LogP contribution in [0.15, 0.2) is 18.2 Å². The molecule has 1 aromatic carbocycles. The van der Waals surface area contributed by atoms with Crippen LogP contribution in [0.1, 0.15) is 20.3 Å². The van der Waals surface area contributed by atoms with Crippen LogP contribution >= 0.6 is 0 Å². The SMILES string of the molecule is COc1cc(NC2CC(O)C2(C)C)ccc1N. The van der Waals surface area contributed by atoms with Crippen LogP contribution in [0.4, 0.5) is 11.4 Å². The Morgan fingerprint density at radius 1 is 1.47 bits per heavy atom. The molecule has 0 aliphatic heterocycles. The van der Waals surface area contributed by atoms with Crippen molar-refractivity contribution >= 4 is 11.4 Å². The number of nitrogen functional groups attached to an aromatic ring is 1. The predicted molar refractivity (Wildman–Crippen MR) is 69.2 cm³/mol. The number of anilines is 2. The second kappa shape index (κ2) is 4.11. The van der Waals surface area contributed by atoms with E-state index in [2.05, 4.69) is 19.2 Å². The van der Waals surface area contributed by atoms with E-state index in [0.29, 0.717) is 11.4 Å². The summed E-state index contributed by atoms with van der Waals surface area (Å²) in [5, 5.41) is 13.1. The van der Waals surface area contributed by atoms with Crippen molar-refractivity contribution in [3.05, 3.63) is 18.2 Å². The molecule has 1 fully saturated rings. The van der Waals surface area contributed by atoms with Crippen molar-refractivity contribution < 1.29 is 9.84 Å². The Kier molecular flexibility index (Phi) is 2.91. The minimum absolute atomic E-state index is 0.0887. The topological polar surface area (TPSA) is 67.5 Å². The highest BCUT2D eigenvalue weighted by atomic mass is 16.5. The third-order valence-corrected chi connectivity index (χ3v) is 3.79. The maximum absolute atomic E-state index is 9.68. The quantitative estimate of drug-likeness (QED) is 0.701. The van der Waals surface area contributed by atoms with Gasteiger partial charge in [-0.1, -0.05) is 13.8 Å². The van der Waals surface area contributed by atoms with Gasteiger partial charge >= 0.3 is 0 Å². The van der Waals surface area contributed by atoms with Crippen molar-refractivity contribution in [1.29, 1.82) is 0 Å². The molecule has 4 heteroatoms. The summed E-state index contributed by atoms with van der Waals surface area (Å²) in [6.45, 7) is 4.13. The maximum Gasteiger partial charge on any atom is 0.143 e. The number of aliphatic hydroxyl groups excluding tert-OH is 1. The van der Waals surface area contributed by atoms with Crippen LogP contribution in [0.2, 0.25) is 0 Å². The normalized spacial score (nSPS) is 26.1. The Hall–Kier alpha value is -1.42. The zero-order valence-electron chi connectivity index (χ0n) is 10.5. The predicted octanol–water partition coefficient (Wildman–Crippen LogP) is 1.85. The van der Waals surface area contributed by atoms with Crippen molar-refractivity contribution in [2.24, 2.45) is 5.41 Å². The molecule has 1 aromatic rings. The number of nitrogens with one attached hydrogen (secondary N) is 1. The summed E-state index contributed by atoms with van der Waals surface area (Å²) in [7, 11) is 1.60. The molecule has 0 amide bonds. The van der Waals surface area contributed by atoms with Crippen LogP contribution in [0.5, 0.6) is 5.75 Å². The number of methoxy groups -OCH3 is 1. The second-order valence-corrected chi connectivity index (χ2v) is 5.23. The van der Waals surface area contributed by atoms with E-state index in [0.717, 1.165) is 12.1 Å². The summed E-state index contributed by atoms with van der Waals surface area (Å²) in [5.74, 6) is 0.674. The van der Waals surface area contributed by atoms with Crippen LogP contribution in [0.25, 0.3) is 0 Å². The number of ether oxygens (including phenoxy) is 1. The molecule has 94 valence electrons. The zero-order chi connectivity index (χ0) is 12.6. The van der Waals surface area contributed by atoms with E-state index >= 15 is 0 Å². The molecule has 1 saturated carbocycles. The molecule has 0 heterocycles. The first-order chi connectivity index (χ1) is 7.95. The molecular weight excluding hydrogens is 216 g/mol. The van der Waals surface area contributed by atoms with Gasteiger partial charge in [0.25, 0.3) is 0 Å². The Balaban J connectivity index is 2.10. The van der Waals surface area contributed by atoms with E-state index in [4.69, 9.17) is 10.5 Å². The fraction of sp³-hybridized carbons (Fsp3) is 0.538. The smallest absolute Gasteiger partial charge is 0.143 e. The fourth-order valence-corrected chi connectivity index (χ4v) is 2.15. The first-order valence-electron chi connectivity index (χ1n) is 5.83. The standard InChI is InChI=1S/C13H20N2O2/c1-13(2)11(7-12(13)16)15-8-4-5-9(14)10(6-8)17-3/h4-6,11-12,15-16H,7,14H2,1-3H3. The lowest BCUT2D eigenvalue weighted by atomic mass is 9.64. The van der Waals surface area contributed by atoms with Crippen LogP contribution in [0, 0.1) is 5.41 Å². The minimum Gasteiger partial charge on any atom is -0.495 e. The average molecular weight is 236 g/mol. The number of hydrogen-bond donors (Lipinski definition) is 3. The summed E-state index contributed by atoms with van der Waals surface area (Å²) in [5.41, 5.74) is 7.27. The number of hydrogen-bond acceptors (Lipinski definition) is 4. The molecule has 4 nitrogen and oxygen atoms in total. The average Bonchev–Trinajstić information content (AvgIpc) is 2.31. The molecule has 2 unspecified atom stereocenters. The van der Waals surface area contributed by atoms with E-state index in [1.54, 1.807) is 7.11 Å². The van der Waals surface area contributed by atoms with Gasteiger partial charge in [0.05, 0.1) is 18.9 Å². The fourth-order valence-electron chi connectivity index (χ4n) is 2.15. The molecule has 17 heavy (non-hydrogen) atoms. The van der Waals surface area contributed by atoms with Crippen molar-refractivity contribution in [3.8, 4) is 5.75 Å². The zero-order valence-corrected chi connectivity index (χ0v) is 10.5. The highest BCUT2D eigenvalue weighted by Gasteiger charge is 2.47. The van der Waals surface area contributed by atoms with Gasteiger partial charge in [-0.05, 0) is 18.6 Å². The summed E-state index contributed by atoms with van der Waals surface area (Å²) in [6.07, 6.45) is 0.551. The van der Waals surface area contributed by atoms with Gasteiger partial charge in [0.2, 0.25) is 0 Å². The third kappa shape index (κ3) is 2.05. The van der Waals surface area contributed by atoms with E-state index in [-0.39, 0.29) is 17.6 Å². The highest BCUT2D eigenvalue weighted by Crippen LogP contribution is 2.42. The number of rotatable bonds is 3. The van der Waals surface area contributed by atoms with Gasteiger partial charge < -0.3 is 20.9 Å².